The molecular weight excluding hydrogens is 222 g/mol. The first kappa shape index (κ1) is 12.6. The van der Waals surface area contributed by atoms with E-state index in [2.05, 4.69) is 10.3 Å². The van der Waals surface area contributed by atoms with Crippen LogP contribution in [0.5, 0.6) is 0 Å². The molecule has 0 spiro atoms. The second-order valence-electron chi connectivity index (χ2n) is 3.05. The summed E-state index contributed by atoms with van der Waals surface area (Å²) in [5.41, 5.74) is 0.150. The van der Waals surface area contributed by atoms with Crippen molar-refractivity contribution in [3.63, 3.8) is 0 Å². The van der Waals surface area contributed by atoms with Gasteiger partial charge in [0, 0.05) is 12.7 Å². The summed E-state index contributed by atoms with van der Waals surface area (Å²) in [7, 11) is 0. The molecule has 0 fully saturated rings. The highest BCUT2D eigenvalue weighted by molar-refractivity contribution is 5.89. The normalized spacial score (nSPS) is 9.12. The van der Waals surface area contributed by atoms with Gasteiger partial charge in [0.15, 0.2) is 6.61 Å². The third-order valence-electron chi connectivity index (χ3n) is 1.77. The Labute approximate surface area is 98.2 Å². The van der Waals surface area contributed by atoms with Gasteiger partial charge in [0.2, 0.25) is 0 Å². The van der Waals surface area contributed by atoms with Crippen molar-refractivity contribution in [2.75, 3.05) is 13.2 Å². The molecule has 0 saturated carbocycles. The van der Waals surface area contributed by atoms with Crippen LogP contribution < -0.4 is 5.32 Å². The van der Waals surface area contributed by atoms with Crippen LogP contribution in [-0.2, 0) is 9.53 Å². The quantitative estimate of drug-likeness (QED) is 0.582. The van der Waals surface area contributed by atoms with Crippen molar-refractivity contribution < 1.29 is 14.3 Å². The molecule has 0 atom stereocenters. The van der Waals surface area contributed by atoms with Crippen molar-refractivity contribution in [1.82, 2.24) is 10.3 Å². The minimum absolute atomic E-state index is 0.150. The predicted molar refractivity (Wildman–Crippen MR) is 57.8 cm³/mol. The Balaban J connectivity index is 2.29. The van der Waals surface area contributed by atoms with Gasteiger partial charge in [-0.25, -0.2) is 9.78 Å². The van der Waals surface area contributed by atoms with Crippen LogP contribution in [0, 0.1) is 11.3 Å². The van der Waals surface area contributed by atoms with Crippen molar-refractivity contribution in [3.8, 4) is 6.07 Å². The van der Waals surface area contributed by atoms with Gasteiger partial charge in [-0.05, 0) is 12.1 Å². The molecule has 0 bridgehead atoms. The zero-order chi connectivity index (χ0) is 12.5. The molecule has 0 aromatic carbocycles. The van der Waals surface area contributed by atoms with Gasteiger partial charge in [0.25, 0.3) is 5.91 Å². The van der Waals surface area contributed by atoms with Crippen LogP contribution in [0.2, 0.25) is 0 Å². The van der Waals surface area contributed by atoms with Crippen LogP contribution in [0.3, 0.4) is 0 Å². The van der Waals surface area contributed by atoms with Crippen LogP contribution in [0.4, 0.5) is 0 Å². The van der Waals surface area contributed by atoms with E-state index in [1.807, 2.05) is 6.07 Å². The van der Waals surface area contributed by atoms with Gasteiger partial charge >= 0.3 is 5.97 Å². The first-order valence-electron chi connectivity index (χ1n) is 4.96. The fourth-order valence-electron chi connectivity index (χ4n) is 0.997. The molecule has 88 valence electrons. The number of aromatic nitrogens is 1. The van der Waals surface area contributed by atoms with Crippen LogP contribution in [0.1, 0.15) is 16.9 Å². The first-order chi connectivity index (χ1) is 8.24. The number of ether oxygens (including phenoxy) is 1. The lowest BCUT2D eigenvalue weighted by Crippen LogP contribution is -2.29. The standard InChI is InChI=1S/C11H11N3O3/c12-5-3-7-14-10(15)8-17-11(16)9-4-1-2-6-13-9/h1-2,4,6H,3,7-8H2,(H,14,15). The summed E-state index contributed by atoms with van der Waals surface area (Å²) < 4.78 is 4.72. The Morgan fingerprint density at radius 2 is 2.29 bits per heavy atom. The van der Waals surface area contributed by atoms with E-state index in [9.17, 15) is 9.59 Å². The minimum Gasteiger partial charge on any atom is -0.451 e. The lowest BCUT2D eigenvalue weighted by atomic mass is 10.3. The number of hydrogen-bond donors (Lipinski definition) is 1. The van der Waals surface area contributed by atoms with Gasteiger partial charge in [-0.1, -0.05) is 6.07 Å². The zero-order valence-corrected chi connectivity index (χ0v) is 9.05. The van der Waals surface area contributed by atoms with Crippen LogP contribution in [-0.4, -0.2) is 30.0 Å². The maximum Gasteiger partial charge on any atom is 0.357 e. The SMILES string of the molecule is N#CCCNC(=O)COC(=O)c1ccccn1. The number of nitrogens with one attached hydrogen (secondary N) is 1. The molecule has 0 aliphatic rings. The lowest BCUT2D eigenvalue weighted by Gasteiger charge is -2.04. The maximum absolute atomic E-state index is 11.4. The maximum atomic E-state index is 11.4. The Hall–Kier alpha value is -2.42. The van der Waals surface area contributed by atoms with Gasteiger partial charge in [0.05, 0.1) is 12.5 Å². The van der Waals surface area contributed by atoms with Crippen LogP contribution >= 0.6 is 0 Å². The average molecular weight is 233 g/mol. The molecule has 0 aliphatic heterocycles. The number of amides is 1. The Kier molecular flexibility index (Phi) is 5.17. The van der Waals surface area contributed by atoms with E-state index < -0.39 is 11.9 Å². The van der Waals surface area contributed by atoms with E-state index >= 15 is 0 Å². The highest BCUT2D eigenvalue weighted by atomic mass is 16.5. The number of rotatable bonds is 5. The van der Waals surface area contributed by atoms with Crippen molar-refractivity contribution in [2.24, 2.45) is 0 Å². The molecule has 6 heteroatoms. The number of hydrogen-bond acceptors (Lipinski definition) is 5. The van der Waals surface area contributed by atoms with E-state index in [0.717, 1.165) is 0 Å². The van der Waals surface area contributed by atoms with Gasteiger partial charge in [-0.2, -0.15) is 5.26 Å². The van der Waals surface area contributed by atoms with E-state index in [1.54, 1.807) is 12.1 Å². The number of pyridine rings is 1. The molecule has 0 aliphatic carbocycles. The molecule has 1 aromatic rings. The second kappa shape index (κ2) is 6.95. The topological polar surface area (TPSA) is 92.1 Å². The smallest absolute Gasteiger partial charge is 0.357 e. The van der Waals surface area contributed by atoms with E-state index in [1.165, 1.54) is 12.3 Å². The van der Waals surface area contributed by atoms with Crippen molar-refractivity contribution in [2.45, 2.75) is 6.42 Å². The van der Waals surface area contributed by atoms with Crippen LogP contribution in [0.25, 0.3) is 0 Å². The summed E-state index contributed by atoms with van der Waals surface area (Å²) in [5.74, 6) is -1.09. The van der Waals surface area contributed by atoms with E-state index in [4.69, 9.17) is 10.00 Å². The summed E-state index contributed by atoms with van der Waals surface area (Å²) in [5, 5.41) is 10.7. The Morgan fingerprint density at radius 3 is 2.94 bits per heavy atom. The summed E-state index contributed by atoms with van der Waals surface area (Å²) in [6.45, 7) is -0.128. The number of nitriles is 1. The molecule has 1 aromatic heterocycles. The molecule has 1 heterocycles. The van der Waals surface area contributed by atoms with Gasteiger partial charge in [-0.15, -0.1) is 0 Å². The minimum atomic E-state index is -0.652. The second-order valence-corrected chi connectivity index (χ2v) is 3.05. The molecule has 17 heavy (non-hydrogen) atoms. The summed E-state index contributed by atoms with van der Waals surface area (Å²) in [6, 6.07) is 6.70. The van der Waals surface area contributed by atoms with Crippen molar-refractivity contribution in [3.05, 3.63) is 30.1 Å². The fraction of sp³-hybridized carbons (Fsp3) is 0.273. The largest absolute Gasteiger partial charge is 0.451 e. The average Bonchev–Trinajstić information content (AvgIpc) is 2.37. The third kappa shape index (κ3) is 4.75. The van der Waals surface area contributed by atoms with Crippen LogP contribution in [0.15, 0.2) is 24.4 Å². The number of carbonyl (C=O) groups excluding carboxylic acids is 2. The molecule has 0 radical (unpaired) electrons. The van der Waals surface area contributed by atoms with Gasteiger partial charge in [0.1, 0.15) is 5.69 Å². The molecule has 0 unspecified atom stereocenters. The monoisotopic (exact) mass is 233 g/mol. The van der Waals surface area contributed by atoms with E-state index in [-0.39, 0.29) is 25.3 Å². The molecule has 0 saturated heterocycles. The zero-order valence-electron chi connectivity index (χ0n) is 9.05. The summed E-state index contributed by atoms with van der Waals surface area (Å²) in [6.07, 6.45) is 1.68. The number of nitrogens with zero attached hydrogens (tertiary/aromatic N) is 2. The Bertz CT molecular complexity index is 425. The number of carbonyl (C=O) groups is 2. The Morgan fingerprint density at radius 1 is 1.47 bits per heavy atom. The molecule has 6 nitrogen and oxygen atoms in total. The lowest BCUT2D eigenvalue weighted by molar-refractivity contribution is -0.124. The van der Waals surface area contributed by atoms with Crippen molar-refractivity contribution in [1.29, 1.82) is 5.26 Å². The highest BCUT2D eigenvalue weighted by Crippen LogP contribution is 1.96. The third-order valence-corrected chi connectivity index (χ3v) is 1.77. The number of esters is 1. The first-order valence-corrected chi connectivity index (χ1v) is 4.96. The van der Waals surface area contributed by atoms with Crippen molar-refractivity contribution >= 4 is 11.9 Å². The van der Waals surface area contributed by atoms with Gasteiger partial charge < -0.3 is 10.1 Å². The molecule has 1 amide bonds. The highest BCUT2D eigenvalue weighted by Gasteiger charge is 2.10. The fourth-order valence-corrected chi connectivity index (χ4v) is 0.997. The summed E-state index contributed by atoms with van der Waals surface area (Å²) in [4.78, 5) is 26.3. The molecular formula is C11H11N3O3. The molecule has 1 rings (SSSR count). The summed E-state index contributed by atoms with van der Waals surface area (Å²) >= 11 is 0. The van der Waals surface area contributed by atoms with E-state index in [0.29, 0.717) is 0 Å². The predicted octanol–water partition coefficient (Wildman–Crippen LogP) is 0.268. The molecule has 1 N–H and O–H groups in total. The van der Waals surface area contributed by atoms with Gasteiger partial charge in [-0.3, -0.25) is 4.79 Å².